The van der Waals surface area contributed by atoms with Crippen LogP contribution in [-0.4, -0.2) is 29.0 Å². The minimum atomic E-state index is -0.158. The van der Waals surface area contributed by atoms with Gasteiger partial charge in [-0.15, -0.1) is 0 Å². The molecule has 0 saturated carbocycles. The van der Waals surface area contributed by atoms with Gasteiger partial charge in [0.15, 0.2) is 0 Å². The highest BCUT2D eigenvalue weighted by molar-refractivity contribution is 5.92. The van der Waals surface area contributed by atoms with E-state index >= 15 is 0 Å². The Kier molecular flexibility index (Phi) is 5.41. The van der Waals surface area contributed by atoms with Crippen LogP contribution < -0.4 is 10.2 Å². The molecule has 0 aliphatic carbocycles. The molecule has 2 aromatic rings. The Bertz CT molecular complexity index is 676. The summed E-state index contributed by atoms with van der Waals surface area (Å²) in [5.41, 5.74) is 2.72. The molecule has 2 heterocycles. The minimum absolute atomic E-state index is 0.158. The number of anilines is 1. The molecule has 1 aromatic heterocycles. The van der Waals surface area contributed by atoms with Crippen molar-refractivity contribution in [2.75, 3.05) is 18.0 Å². The van der Waals surface area contributed by atoms with Crippen LogP contribution in [0.5, 0.6) is 0 Å². The summed E-state index contributed by atoms with van der Waals surface area (Å²) in [6.07, 6.45) is 6.51. The number of nitrogens with zero attached hydrogens (tertiary/aromatic N) is 3. The summed E-state index contributed by atoms with van der Waals surface area (Å²) in [5, 5.41) is 2.93. The second-order valence-corrected chi connectivity index (χ2v) is 6.31. The number of hydrogen-bond donors (Lipinski definition) is 1. The van der Waals surface area contributed by atoms with Gasteiger partial charge >= 0.3 is 0 Å². The lowest BCUT2D eigenvalue weighted by Crippen LogP contribution is -2.28. The molecule has 24 heavy (non-hydrogen) atoms. The molecule has 0 unspecified atom stereocenters. The van der Waals surface area contributed by atoms with Crippen LogP contribution in [0.2, 0.25) is 0 Å². The third-order valence-electron chi connectivity index (χ3n) is 4.34. The molecule has 5 heteroatoms. The molecule has 3 rings (SSSR count). The van der Waals surface area contributed by atoms with Gasteiger partial charge in [0.1, 0.15) is 5.69 Å². The second-order valence-electron chi connectivity index (χ2n) is 6.31. The maximum absolute atomic E-state index is 12.4. The molecule has 1 aliphatic rings. The third kappa shape index (κ3) is 4.31. The lowest BCUT2D eigenvalue weighted by atomic mass is 10.1. The van der Waals surface area contributed by atoms with Crippen LogP contribution >= 0.6 is 0 Å². The number of nitrogens with one attached hydrogen (secondary N) is 1. The Labute approximate surface area is 143 Å². The number of carbonyl (C=O) groups is 1. The maximum atomic E-state index is 12.4. The van der Waals surface area contributed by atoms with Crippen molar-refractivity contribution >= 4 is 11.9 Å². The largest absolute Gasteiger partial charge is 0.347 e. The maximum Gasteiger partial charge on any atom is 0.270 e. The normalized spacial score (nSPS) is 15.0. The molecule has 1 fully saturated rings. The van der Waals surface area contributed by atoms with Crippen molar-refractivity contribution in [3.8, 4) is 0 Å². The van der Waals surface area contributed by atoms with E-state index in [9.17, 15) is 4.79 Å². The van der Waals surface area contributed by atoms with E-state index in [0.717, 1.165) is 31.5 Å². The van der Waals surface area contributed by atoms with Gasteiger partial charge in [-0.2, -0.15) is 0 Å². The van der Waals surface area contributed by atoms with Crippen molar-refractivity contribution in [1.29, 1.82) is 0 Å². The average Bonchev–Trinajstić information content (AvgIpc) is 2.90. The molecule has 0 spiro atoms. The number of aromatic nitrogens is 2. The molecule has 0 radical (unpaired) electrons. The molecule has 0 atom stereocenters. The van der Waals surface area contributed by atoms with Crippen LogP contribution in [0.3, 0.4) is 0 Å². The Morgan fingerprint density at radius 3 is 2.50 bits per heavy atom. The van der Waals surface area contributed by atoms with E-state index in [1.165, 1.54) is 18.4 Å². The fourth-order valence-electron chi connectivity index (χ4n) is 2.88. The van der Waals surface area contributed by atoms with Crippen molar-refractivity contribution in [3.63, 3.8) is 0 Å². The predicted molar refractivity (Wildman–Crippen MR) is 95.1 cm³/mol. The van der Waals surface area contributed by atoms with Crippen molar-refractivity contribution in [2.45, 2.75) is 39.2 Å². The van der Waals surface area contributed by atoms with E-state index in [4.69, 9.17) is 0 Å². The van der Waals surface area contributed by atoms with E-state index in [1.54, 1.807) is 12.3 Å². The van der Waals surface area contributed by atoms with E-state index in [2.05, 4.69) is 20.2 Å². The molecule has 5 nitrogen and oxygen atoms in total. The summed E-state index contributed by atoms with van der Waals surface area (Å²) in [7, 11) is 0. The van der Waals surface area contributed by atoms with Crippen molar-refractivity contribution in [1.82, 2.24) is 15.3 Å². The zero-order valence-electron chi connectivity index (χ0n) is 14.2. The molecule has 126 valence electrons. The summed E-state index contributed by atoms with van der Waals surface area (Å²) in [5.74, 6) is 0.508. The standard InChI is InChI=1S/C19H24N4O/c1-15-6-8-16(9-7-15)14-21-18(24)17-10-11-20-19(22-17)23-12-4-2-3-5-13-23/h6-11H,2-5,12-14H2,1H3,(H,21,24). The third-order valence-corrected chi connectivity index (χ3v) is 4.34. The smallest absolute Gasteiger partial charge is 0.270 e. The average molecular weight is 324 g/mol. The fraction of sp³-hybridized carbons (Fsp3) is 0.421. The first kappa shape index (κ1) is 16.4. The molecule has 1 aromatic carbocycles. The molecule has 1 N–H and O–H groups in total. The van der Waals surface area contributed by atoms with Gasteiger partial charge in [-0.05, 0) is 31.4 Å². The van der Waals surface area contributed by atoms with Gasteiger partial charge in [-0.1, -0.05) is 42.7 Å². The number of amides is 1. The number of carbonyl (C=O) groups excluding carboxylic acids is 1. The van der Waals surface area contributed by atoms with Gasteiger partial charge in [0, 0.05) is 25.8 Å². The van der Waals surface area contributed by atoms with Crippen molar-refractivity contribution in [2.24, 2.45) is 0 Å². The molecule has 0 bridgehead atoms. The van der Waals surface area contributed by atoms with E-state index in [-0.39, 0.29) is 5.91 Å². The Balaban J connectivity index is 1.64. The predicted octanol–water partition coefficient (Wildman–Crippen LogP) is 3.10. The number of aryl methyl sites for hydroxylation is 1. The summed E-state index contributed by atoms with van der Waals surface area (Å²) in [6, 6.07) is 9.82. The molecule has 1 aliphatic heterocycles. The first-order chi connectivity index (χ1) is 11.7. The highest BCUT2D eigenvalue weighted by Crippen LogP contribution is 2.15. The van der Waals surface area contributed by atoms with E-state index in [0.29, 0.717) is 18.2 Å². The van der Waals surface area contributed by atoms with Gasteiger partial charge in [0.05, 0.1) is 0 Å². The quantitative estimate of drug-likeness (QED) is 0.939. The minimum Gasteiger partial charge on any atom is -0.347 e. The molecular weight excluding hydrogens is 300 g/mol. The van der Waals surface area contributed by atoms with Crippen molar-refractivity contribution in [3.05, 3.63) is 53.3 Å². The summed E-state index contributed by atoms with van der Waals surface area (Å²) in [6.45, 7) is 4.48. The van der Waals surface area contributed by atoms with Gasteiger partial charge in [0.25, 0.3) is 5.91 Å². The highest BCUT2D eigenvalue weighted by Gasteiger charge is 2.15. The van der Waals surface area contributed by atoms with Gasteiger partial charge in [-0.3, -0.25) is 4.79 Å². The Morgan fingerprint density at radius 2 is 1.79 bits per heavy atom. The summed E-state index contributed by atoms with van der Waals surface area (Å²) >= 11 is 0. The van der Waals surface area contributed by atoms with Crippen LogP contribution in [-0.2, 0) is 6.54 Å². The number of benzene rings is 1. The number of rotatable bonds is 4. The van der Waals surface area contributed by atoms with Crippen LogP contribution in [0.4, 0.5) is 5.95 Å². The zero-order chi connectivity index (χ0) is 16.8. The molecule has 1 saturated heterocycles. The Hall–Kier alpha value is -2.43. The summed E-state index contributed by atoms with van der Waals surface area (Å²) < 4.78 is 0. The topological polar surface area (TPSA) is 58.1 Å². The lowest BCUT2D eigenvalue weighted by molar-refractivity contribution is 0.0946. The summed E-state index contributed by atoms with van der Waals surface area (Å²) in [4.78, 5) is 23.4. The number of hydrogen-bond acceptors (Lipinski definition) is 4. The van der Waals surface area contributed by atoms with Crippen LogP contribution in [0.15, 0.2) is 36.5 Å². The lowest BCUT2D eigenvalue weighted by Gasteiger charge is -2.20. The van der Waals surface area contributed by atoms with Crippen molar-refractivity contribution < 1.29 is 4.79 Å². The second kappa shape index (κ2) is 7.90. The molecular formula is C19H24N4O. The molecule has 1 amide bonds. The van der Waals surface area contributed by atoms with Gasteiger partial charge in [0.2, 0.25) is 5.95 Å². The van der Waals surface area contributed by atoms with Gasteiger partial charge in [-0.25, -0.2) is 9.97 Å². The van der Waals surface area contributed by atoms with Crippen LogP contribution in [0.25, 0.3) is 0 Å². The van der Waals surface area contributed by atoms with Gasteiger partial charge < -0.3 is 10.2 Å². The Morgan fingerprint density at radius 1 is 1.08 bits per heavy atom. The SMILES string of the molecule is Cc1ccc(CNC(=O)c2ccnc(N3CCCCCC3)n2)cc1. The highest BCUT2D eigenvalue weighted by atomic mass is 16.1. The first-order valence-electron chi connectivity index (χ1n) is 8.64. The van der Waals surface area contributed by atoms with Crippen LogP contribution in [0.1, 0.15) is 47.3 Å². The van der Waals surface area contributed by atoms with E-state index < -0.39 is 0 Å². The zero-order valence-corrected chi connectivity index (χ0v) is 14.2. The fourth-order valence-corrected chi connectivity index (χ4v) is 2.88. The van der Waals surface area contributed by atoms with Crippen LogP contribution in [0, 0.1) is 6.92 Å². The first-order valence-corrected chi connectivity index (χ1v) is 8.64. The van der Waals surface area contributed by atoms with E-state index in [1.807, 2.05) is 31.2 Å². The monoisotopic (exact) mass is 324 g/mol.